The summed E-state index contributed by atoms with van der Waals surface area (Å²) in [5.74, 6) is -0.396. The van der Waals surface area contributed by atoms with Crippen molar-refractivity contribution in [1.29, 1.82) is 0 Å². The Bertz CT molecular complexity index is 285. The van der Waals surface area contributed by atoms with E-state index in [1.54, 1.807) is 0 Å². The van der Waals surface area contributed by atoms with Gasteiger partial charge >= 0.3 is 12.1 Å². The van der Waals surface area contributed by atoms with E-state index in [4.69, 9.17) is 9.47 Å². The zero-order chi connectivity index (χ0) is 12.3. The first kappa shape index (κ1) is 12.8. The molecule has 1 aliphatic rings. The SMILES string of the molecule is COC(=O)[C@H](NN1CCOC1=O)C(C)(C)C. The number of cyclic esters (lactones) is 1. The maximum atomic E-state index is 11.6. The molecule has 16 heavy (non-hydrogen) atoms. The lowest BCUT2D eigenvalue weighted by molar-refractivity contribution is -0.147. The molecule has 0 saturated carbocycles. The van der Waals surface area contributed by atoms with Crippen LogP contribution >= 0.6 is 0 Å². The summed E-state index contributed by atoms with van der Waals surface area (Å²) in [7, 11) is 1.32. The average Bonchev–Trinajstić information content (AvgIpc) is 2.57. The molecular weight excluding hydrogens is 212 g/mol. The third kappa shape index (κ3) is 2.85. The maximum absolute atomic E-state index is 11.6. The van der Waals surface area contributed by atoms with Gasteiger partial charge in [0, 0.05) is 0 Å². The highest BCUT2D eigenvalue weighted by Crippen LogP contribution is 2.21. The molecule has 0 aromatic carbocycles. The van der Waals surface area contributed by atoms with Gasteiger partial charge in [-0.1, -0.05) is 20.8 Å². The molecule has 0 radical (unpaired) electrons. The van der Waals surface area contributed by atoms with E-state index in [1.165, 1.54) is 12.1 Å². The van der Waals surface area contributed by atoms with Gasteiger partial charge < -0.3 is 9.47 Å². The lowest BCUT2D eigenvalue weighted by atomic mass is 9.87. The molecule has 0 bridgehead atoms. The van der Waals surface area contributed by atoms with Crippen LogP contribution in [0.1, 0.15) is 20.8 Å². The summed E-state index contributed by atoms with van der Waals surface area (Å²) in [6.45, 7) is 6.45. The van der Waals surface area contributed by atoms with Gasteiger partial charge in [-0.2, -0.15) is 0 Å². The van der Waals surface area contributed by atoms with Gasteiger partial charge in [0.1, 0.15) is 12.6 Å². The van der Waals surface area contributed by atoms with Crippen molar-refractivity contribution < 1.29 is 19.1 Å². The van der Waals surface area contributed by atoms with Crippen molar-refractivity contribution in [2.45, 2.75) is 26.8 Å². The number of ether oxygens (including phenoxy) is 2. The van der Waals surface area contributed by atoms with Crippen molar-refractivity contribution >= 4 is 12.1 Å². The fourth-order valence-electron chi connectivity index (χ4n) is 1.38. The molecule has 0 aromatic rings. The van der Waals surface area contributed by atoms with Crippen LogP contribution in [0, 0.1) is 5.41 Å². The topological polar surface area (TPSA) is 67.9 Å². The Hall–Kier alpha value is -1.30. The van der Waals surface area contributed by atoms with Gasteiger partial charge in [0.15, 0.2) is 0 Å². The van der Waals surface area contributed by atoms with Crippen LogP contribution in [-0.2, 0) is 14.3 Å². The first-order chi connectivity index (χ1) is 7.36. The van der Waals surface area contributed by atoms with Crippen molar-refractivity contribution in [3.05, 3.63) is 0 Å². The molecule has 0 aromatic heterocycles. The number of amides is 1. The molecule has 1 aliphatic heterocycles. The Morgan fingerprint density at radius 1 is 1.56 bits per heavy atom. The fourth-order valence-corrected chi connectivity index (χ4v) is 1.38. The number of hydrazine groups is 1. The minimum Gasteiger partial charge on any atom is -0.468 e. The number of nitrogens with one attached hydrogen (secondary N) is 1. The number of rotatable bonds is 3. The van der Waals surface area contributed by atoms with Crippen LogP contribution < -0.4 is 5.43 Å². The molecule has 0 unspecified atom stereocenters. The molecule has 6 nitrogen and oxygen atoms in total. The van der Waals surface area contributed by atoms with Crippen LogP contribution in [0.3, 0.4) is 0 Å². The number of methoxy groups -OCH3 is 1. The van der Waals surface area contributed by atoms with E-state index in [0.29, 0.717) is 13.2 Å². The van der Waals surface area contributed by atoms with Gasteiger partial charge in [-0.15, -0.1) is 0 Å². The van der Waals surface area contributed by atoms with Crippen molar-refractivity contribution in [3.8, 4) is 0 Å². The van der Waals surface area contributed by atoms with Gasteiger partial charge in [0.25, 0.3) is 0 Å². The van der Waals surface area contributed by atoms with E-state index in [0.717, 1.165) is 0 Å². The minimum atomic E-state index is -0.580. The largest absolute Gasteiger partial charge is 0.468 e. The second kappa shape index (κ2) is 4.69. The number of hydrogen-bond acceptors (Lipinski definition) is 5. The van der Waals surface area contributed by atoms with E-state index < -0.39 is 18.1 Å². The Morgan fingerprint density at radius 3 is 2.56 bits per heavy atom. The third-order valence-corrected chi connectivity index (χ3v) is 2.35. The van der Waals surface area contributed by atoms with Crippen LogP contribution in [0.25, 0.3) is 0 Å². The first-order valence-corrected chi connectivity index (χ1v) is 5.14. The Kier molecular flexibility index (Phi) is 3.74. The summed E-state index contributed by atoms with van der Waals surface area (Å²) < 4.78 is 9.47. The highest BCUT2D eigenvalue weighted by molar-refractivity contribution is 5.77. The molecule has 1 N–H and O–H groups in total. The molecule has 1 heterocycles. The summed E-state index contributed by atoms with van der Waals surface area (Å²) in [4.78, 5) is 22.8. The Balaban J connectivity index is 2.71. The predicted octanol–water partition coefficient (Wildman–Crippen LogP) is 0.531. The smallest absolute Gasteiger partial charge is 0.424 e. The Morgan fingerprint density at radius 2 is 2.19 bits per heavy atom. The molecule has 1 atom stereocenters. The van der Waals surface area contributed by atoms with E-state index in [2.05, 4.69) is 5.43 Å². The fraction of sp³-hybridized carbons (Fsp3) is 0.800. The van der Waals surface area contributed by atoms with E-state index in [9.17, 15) is 9.59 Å². The average molecular weight is 230 g/mol. The normalized spacial score (nSPS) is 18.2. The van der Waals surface area contributed by atoms with Crippen LogP contribution in [0.5, 0.6) is 0 Å². The molecule has 1 amide bonds. The number of esters is 1. The van der Waals surface area contributed by atoms with Gasteiger partial charge in [0.2, 0.25) is 0 Å². The van der Waals surface area contributed by atoms with E-state index in [1.807, 2.05) is 20.8 Å². The second-order valence-electron chi connectivity index (χ2n) is 4.72. The Labute approximate surface area is 94.8 Å². The van der Waals surface area contributed by atoms with Crippen LogP contribution in [0.15, 0.2) is 0 Å². The third-order valence-electron chi connectivity index (χ3n) is 2.35. The summed E-state index contributed by atoms with van der Waals surface area (Å²) >= 11 is 0. The molecule has 1 saturated heterocycles. The van der Waals surface area contributed by atoms with Crippen molar-refractivity contribution in [2.24, 2.45) is 5.41 Å². The van der Waals surface area contributed by atoms with Crippen molar-refractivity contribution in [3.63, 3.8) is 0 Å². The van der Waals surface area contributed by atoms with Crippen LogP contribution in [0.4, 0.5) is 4.79 Å². The molecule has 0 aliphatic carbocycles. The quantitative estimate of drug-likeness (QED) is 0.716. The van der Waals surface area contributed by atoms with Crippen LogP contribution in [-0.4, -0.2) is 43.4 Å². The van der Waals surface area contributed by atoms with Gasteiger partial charge in [0.05, 0.1) is 13.7 Å². The van der Waals surface area contributed by atoms with Crippen molar-refractivity contribution in [1.82, 2.24) is 10.4 Å². The number of carbonyl (C=O) groups is 2. The van der Waals surface area contributed by atoms with Gasteiger partial charge in [-0.25, -0.2) is 15.2 Å². The molecule has 6 heteroatoms. The predicted molar refractivity (Wildman–Crippen MR) is 56.4 cm³/mol. The summed E-state index contributed by atoms with van der Waals surface area (Å²) in [6.07, 6.45) is -0.460. The highest BCUT2D eigenvalue weighted by Gasteiger charge is 2.36. The molecule has 0 spiro atoms. The molecular formula is C10H18N2O4. The summed E-state index contributed by atoms with van der Waals surface area (Å²) in [5.41, 5.74) is 2.49. The zero-order valence-electron chi connectivity index (χ0n) is 10.1. The van der Waals surface area contributed by atoms with Crippen molar-refractivity contribution in [2.75, 3.05) is 20.3 Å². The summed E-state index contributed by atoms with van der Waals surface area (Å²) in [5, 5.41) is 1.30. The number of nitrogens with zero attached hydrogens (tertiary/aromatic N) is 1. The minimum absolute atomic E-state index is 0.337. The van der Waals surface area contributed by atoms with E-state index in [-0.39, 0.29) is 5.41 Å². The lowest BCUT2D eigenvalue weighted by Gasteiger charge is -2.31. The highest BCUT2D eigenvalue weighted by atomic mass is 16.6. The standard InChI is InChI=1S/C10H18N2O4/c1-10(2,3)7(8(13)15-4)11-12-5-6-16-9(12)14/h7,11H,5-6H2,1-4H3/t7-/m0/s1. The lowest BCUT2D eigenvalue weighted by Crippen LogP contribution is -2.54. The van der Waals surface area contributed by atoms with Crippen LogP contribution in [0.2, 0.25) is 0 Å². The number of carbonyl (C=O) groups excluding carboxylic acids is 2. The first-order valence-electron chi connectivity index (χ1n) is 5.14. The number of hydrogen-bond donors (Lipinski definition) is 1. The molecule has 1 fully saturated rings. The molecule has 1 rings (SSSR count). The van der Waals surface area contributed by atoms with Gasteiger partial charge in [-0.05, 0) is 5.41 Å². The monoisotopic (exact) mass is 230 g/mol. The van der Waals surface area contributed by atoms with E-state index >= 15 is 0 Å². The second-order valence-corrected chi connectivity index (χ2v) is 4.72. The summed E-state index contributed by atoms with van der Waals surface area (Å²) in [6, 6.07) is -0.580. The molecule has 92 valence electrons. The zero-order valence-corrected chi connectivity index (χ0v) is 10.1. The van der Waals surface area contributed by atoms with Gasteiger partial charge in [-0.3, -0.25) is 4.79 Å². The maximum Gasteiger partial charge on any atom is 0.424 e.